The highest BCUT2D eigenvalue weighted by molar-refractivity contribution is 5.82. The average molecular weight is 507 g/mol. The summed E-state index contributed by atoms with van der Waals surface area (Å²) in [7, 11) is 0. The summed E-state index contributed by atoms with van der Waals surface area (Å²) >= 11 is 0. The summed E-state index contributed by atoms with van der Waals surface area (Å²) < 4.78 is 26.3. The third-order valence-corrected chi connectivity index (χ3v) is 6.99. The van der Waals surface area contributed by atoms with Gasteiger partial charge in [-0.05, 0) is 86.7 Å². The number of anilines is 1. The van der Waals surface area contributed by atoms with E-state index in [4.69, 9.17) is 0 Å². The Bertz CT molecular complexity index is 1220. The highest BCUT2D eigenvalue weighted by atomic mass is 19.3. The van der Waals surface area contributed by atoms with E-state index in [0.717, 1.165) is 41.2 Å². The number of aliphatic hydroxyl groups is 1. The number of halogens is 2. The Morgan fingerprint density at radius 2 is 1.86 bits per heavy atom. The Morgan fingerprint density at radius 1 is 1.14 bits per heavy atom. The maximum atomic E-state index is 13.1. The Kier molecular flexibility index (Phi) is 8.44. The Labute approximate surface area is 218 Å². The van der Waals surface area contributed by atoms with Gasteiger partial charge in [0.25, 0.3) is 6.43 Å². The molecule has 0 amide bonds. The van der Waals surface area contributed by atoms with E-state index in [1.807, 2.05) is 6.07 Å². The molecule has 0 aliphatic carbocycles. The van der Waals surface area contributed by atoms with E-state index < -0.39 is 6.43 Å². The van der Waals surface area contributed by atoms with Crippen LogP contribution in [-0.4, -0.2) is 52.2 Å². The molecule has 7 heteroatoms. The maximum absolute atomic E-state index is 13.1. The lowest BCUT2D eigenvalue weighted by atomic mass is 9.96. The predicted octanol–water partition coefficient (Wildman–Crippen LogP) is 6.37. The summed E-state index contributed by atoms with van der Waals surface area (Å²) in [5.74, 6) is 0. The van der Waals surface area contributed by atoms with Gasteiger partial charge in [-0.1, -0.05) is 18.7 Å². The molecule has 0 atom stereocenters. The van der Waals surface area contributed by atoms with Crippen molar-refractivity contribution < 1.29 is 13.9 Å². The lowest BCUT2D eigenvalue weighted by molar-refractivity contribution is 0.0248. The van der Waals surface area contributed by atoms with E-state index >= 15 is 0 Å². The number of rotatable bonds is 9. The molecule has 0 spiro atoms. The number of nitrogens with one attached hydrogen (secondary N) is 1. The van der Waals surface area contributed by atoms with Gasteiger partial charge in [0, 0.05) is 60.7 Å². The van der Waals surface area contributed by atoms with Crippen molar-refractivity contribution in [2.75, 3.05) is 31.5 Å². The number of hydrogen-bond acceptors (Lipinski definition) is 5. The molecule has 37 heavy (non-hydrogen) atoms. The largest absolute Gasteiger partial charge is 0.389 e. The van der Waals surface area contributed by atoms with Gasteiger partial charge >= 0.3 is 0 Å². The summed E-state index contributed by atoms with van der Waals surface area (Å²) in [6.07, 6.45) is 7.45. The molecule has 2 aromatic rings. The minimum atomic E-state index is -2.63. The van der Waals surface area contributed by atoms with Crippen LogP contribution in [0.1, 0.15) is 55.5 Å². The number of nitrogens with zero attached hydrogens (tertiary/aromatic N) is 3. The number of benzene rings is 1. The van der Waals surface area contributed by atoms with Gasteiger partial charge in [-0.25, -0.2) is 8.78 Å². The van der Waals surface area contributed by atoms with Crippen LogP contribution < -0.4 is 5.32 Å². The smallest absolute Gasteiger partial charge is 0.280 e. The molecular weight excluding hydrogens is 470 g/mol. The number of allylic oxidation sites excluding steroid dienone is 5. The van der Waals surface area contributed by atoms with Crippen molar-refractivity contribution in [3.05, 3.63) is 95.1 Å². The zero-order valence-electron chi connectivity index (χ0n) is 21.8. The van der Waals surface area contributed by atoms with Gasteiger partial charge in [0.2, 0.25) is 0 Å². The van der Waals surface area contributed by atoms with Gasteiger partial charge in [0.15, 0.2) is 0 Å². The van der Waals surface area contributed by atoms with Gasteiger partial charge < -0.3 is 20.2 Å². The SMILES string of the molecule is C=C(Nc1ccc(C)c(C(=C/C(=C/C)N2CCCC2)/C=C(\C)N2CC(O)C2)c1)c1ccnc(C(F)F)c1. The quantitative estimate of drug-likeness (QED) is 0.387. The number of aliphatic hydroxyl groups excluding tert-OH is 1. The second kappa shape index (κ2) is 11.7. The highest BCUT2D eigenvalue weighted by Crippen LogP contribution is 2.30. The fourth-order valence-corrected chi connectivity index (χ4v) is 4.76. The zero-order valence-corrected chi connectivity index (χ0v) is 21.8. The molecule has 2 aliphatic rings. The van der Waals surface area contributed by atoms with E-state index in [0.29, 0.717) is 24.4 Å². The topological polar surface area (TPSA) is 51.6 Å². The Balaban J connectivity index is 1.67. The van der Waals surface area contributed by atoms with Crippen LogP contribution in [-0.2, 0) is 0 Å². The third-order valence-electron chi connectivity index (χ3n) is 6.99. The first kappa shape index (κ1) is 26.6. The highest BCUT2D eigenvalue weighted by Gasteiger charge is 2.24. The van der Waals surface area contributed by atoms with E-state index in [9.17, 15) is 13.9 Å². The van der Waals surface area contributed by atoms with Crippen molar-refractivity contribution in [2.24, 2.45) is 0 Å². The molecule has 196 valence electrons. The molecule has 2 saturated heterocycles. The fraction of sp³-hybridized carbons (Fsp3) is 0.367. The monoisotopic (exact) mass is 506 g/mol. The number of β-amino-alcohol motifs (C(OH)–C–C–N with tert-alkyl or cyclic N) is 1. The van der Waals surface area contributed by atoms with Crippen LogP contribution >= 0.6 is 0 Å². The molecule has 4 rings (SSSR count). The lowest BCUT2D eigenvalue weighted by Crippen LogP contribution is -2.49. The molecule has 3 heterocycles. The summed E-state index contributed by atoms with van der Waals surface area (Å²) in [5.41, 5.74) is 7.21. The van der Waals surface area contributed by atoms with Crippen LogP contribution in [0, 0.1) is 6.92 Å². The Hall–Kier alpha value is -3.45. The number of pyridine rings is 1. The number of likely N-dealkylation sites (tertiary alicyclic amines) is 2. The summed E-state index contributed by atoms with van der Waals surface area (Å²) in [6.45, 7) is 13.7. The normalized spacial score (nSPS) is 17.4. The van der Waals surface area contributed by atoms with Gasteiger partial charge in [-0.2, -0.15) is 0 Å². The minimum absolute atomic E-state index is 0.271. The molecule has 5 nitrogen and oxygen atoms in total. The summed E-state index contributed by atoms with van der Waals surface area (Å²) in [6, 6.07) is 9.13. The molecular formula is C30H36F2N4O. The van der Waals surface area contributed by atoms with Crippen molar-refractivity contribution in [3.63, 3.8) is 0 Å². The van der Waals surface area contributed by atoms with Crippen molar-refractivity contribution in [1.82, 2.24) is 14.8 Å². The van der Waals surface area contributed by atoms with Crippen LogP contribution in [0.5, 0.6) is 0 Å². The van der Waals surface area contributed by atoms with Crippen molar-refractivity contribution in [3.8, 4) is 0 Å². The van der Waals surface area contributed by atoms with Crippen LogP contribution in [0.3, 0.4) is 0 Å². The second-order valence-electron chi connectivity index (χ2n) is 9.76. The van der Waals surface area contributed by atoms with Crippen molar-refractivity contribution >= 4 is 17.0 Å². The van der Waals surface area contributed by atoms with E-state index in [1.54, 1.807) is 6.07 Å². The van der Waals surface area contributed by atoms with Crippen LogP contribution in [0.2, 0.25) is 0 Å². The average Bonchev–Trinajstić information content (AvgIpc) is 3.40. The van der Waals surface area contributed by atoms with Gasteiger partial charge in [-0.3, -0.25) is 4.98 Å². The molecule has 2 fully saturated rings. The molecule has 2 N–H and O–H groups in total. The van der Waals surface area contributed by atoms with E-state index in [-0.39, 0.29) is 11.8 Å². The first-order chi connectivity index (χ1) is 17.7. The third kappa shape index (κ3) is 6.46. The number of hydrogen-bond donors (Lipinski definition) is 2. The predicted molar refractivity (Wildman–Crippen MR) is 147 cm³/mol. The van der Waals surface area contributed by atoms with E-state index in [2.05, 4.69) is 77.8 Å². The molecule has 0 saturated carbocycles. The number of alkyl halides is 2. The summed E-state index contributed by atoms with van der Waals surface area (Å²) in [4.78, 5) is 8.33. The molecule has 1 aromatic heterocycles. The van der Waals surface area contributed by atoms with Gasteiger partial charge in [0.1, 0.15) is 5.69 Å². The lowest BCUT2D eigenvalue weighted by Gasteiger charge is -2.38. The number of aromatic nitrogens is 1. The molecule has 2 aliphatic heterocycles. The molecule has 0 unspecified atom stereocenters. The maximum Gasteiger partial charge on any atom is 0.280 e. The van der Waals surface area contributed by atoms with Gasteiger partial charge in [0.05, 0.1) is 6.10 Å². The first-order valence-electron chi connectivity index (χ1n) is 12.8. The van der Waals surface area contributed by atoms with Crippen LogP contribution in [0.4, 0.5) is 14.5 Å². The Morgan fingerprint density at radius 3 is 2.51 bits per heavy atom. The minimum Gasteiger partial charge on any atom is -0.389 e. The second-order valence-corrected chi connectivity index (χ2v) is 9.76. The van der Waals surface area contributed by atoms with Crippen molar-refractivity contribution in [2.45, 2.75) is 46.1 Å². The number of aryl methyl sites for hydroxylation is 1. The standard InChI is InChI=1S/C30H36F2N4O/c1-5-26(35-12-6-7-13-35)15-24(14-21(3)36-18-27(37)19-36)28-17-25(9-8-20(28)2)34-22(4)23-10-11-33-29(16-23)30(31)32/h5,8-11,14-17,27,30,34,37H,4,6-7,12-13,18-19H2,1-3H3/b21-14+,24-15+,26-5-. The van der Waals surface area contributed by atoms with Crippen LogP contribution in [0.25, 0.3) is 11.3 Å². The molecule has 1 aromatic carbocycles. The fourth-order valence-electron chi connectivity index (χ4n) is 4.76. The van der Waals surface area contributed by atoms with Crippen molar-refractivity contribution in [1.29, 1.82) is 0 Å². The molecule has 0 radical (unpaired) electrons. The van der Waals surface area contributed by atoms with E-state index in [1.165, 1.54) is 30.8 Å². The first-order valence-corrected chi connectivity index (χ1v) is 12.8. The zero-order chi connectivity index (χ0) is 26.5. The van der Waals surface area contributed by atoms with Crippen LogP contribution in [0.15, 0.2) is 72.7 Å². The van der Waals surface area contributed by atoms with Gasteiger partial charge in [-0.15, -0.1) is 0 Å². The summed E-state index contributed by atoms with van der Waals surface area (Å²) in [5, 5.41) is 13.1. The molecule has 0 bridgehead atoms.